The fraction of sp³-hybridized carbons (Fsp3) is 0.412. The molecule has 1 aromatic carbocycles. The number of nitrogens with zero attached hydrogens (tertiary/aromatic N) is 2. The summed E-state index contributed by atoms with van der Waals surface area (Å²) in [7, 11) is 0. The Kier molecular flexibility index (Phi) is 6.56. The molecule has 0 radical (unpaired) electrons. The van der Waals surface area contributed by atoms with Crippen LogP contribution >= 0.6 is 23.2 Å². The summed E-state index contributed by atoms with van der Waals surface area (Å²) in [6.07, 6.45) is 1.31. The van der Waals surface area contributed by atoms with E-state index in [-0.39, 0.29) is 6.04 Å². The molecule has 0 saturated carbocycles. The average molecular weight is 385 g/mol. The van der Waals surface area contributed by atoms with Crippen LogP contribution in [0.25, 0.3) is 0 Å². The van der Waals surface area contributed by atoms with Crippen LogP contribution in [-0.4, -0.2) is 22.4 Å². The first kappa shape index (κ1) is 19.4. The molecule has 25 heavy (non-hydrogen) atoms. The van der Waals surface area contributed by atoms with Gasteiger partial charge in [0.05, 0.1) is 11.7 Å². The molecule has 2 aromatic rings. The fourth-order valence-corrected chi connectivity index (χ4v) is 3.02. The van der Waals surface area contributed by atoms with Gasteiger partial charge in [0.1, 0.15) is 5.75 Å². The van der Waals surface area contributed by atoms with Gasteiger partial charge in [-0.3, -0.25) is 0 Å². The predicted molar refractivity (Wildman–Crippen MR) is 99.8 cm³/mol. The van der Waals surface area contributed by atoms with Crippen LogP contribution in [0.4, 0.5) is 4.79 Å². The molecular weight excluding hydrogens is 363 g/mol. The van der Waals surface area contributed by atoms with Crippen molar-refractivity contribution in [3.8, 4) is 11.6 Å². The van der Waals surface area contributed by atoms with Crippen LogP contribution in [0.2, 0.25) is 10.0 Å². The lowest BCUT2D eigenvalue weighted by Gasteiger charge is -2.13. The lowest BCUT2D eigenvalue weighted by atomic mass is 10.1. The van der Waals surface area contributed by atoms with Crippen molar-refractivity contribution in [1.29, 1.82) is 0 Å². The third-order valence-electron chi connectivity index (χ3n) is 3.60. The first-order valence-electron chi connectivity index (χ1n) is 8.09. The highest BCUT2D eigenvalue weighted by Gasteiger charge is 2.20. The van der Waals surface area contributed by atoms with Gasteiger partial charge in [-0.05, 0) is 38.5 Å². The Bertz CT molecular complexity index is 739. The summed E-state index contributed by atoms with van der Waals surface area (Å²) < 4.78 is 7.91. The molecule has 0 aliphatic heterocycles. The lowest BCUT2D eigenvalue weighted by molar-refractivity contribution is 0.249. The zero-order valence-corrected chi connectivity index (χ0v) is 16.0. The first-order valence-corrected chi connectivity index (χ1v) is 8.84. The molecule has 0 bridgehead atoms. The van der Waals surface area contributed by atoms with Crippen molar-refractivity contribution in [3.63, 3.8) is 0 Å². The molecule has 0 aliphatic rings. The Labute approximate surface area is 157 Å². The fourth-order valence-electron chi connectivity index (χ4n) is 2.52. The third-order valence-corrected chi connectivity index (χ3v) is 4.03. The smallest absolute Gasteiger partial charge is 0.312 e. The highest BCUT2D eigenvalue weighted by atomic mass is 35.5. The standard InChI is InChI=1S/C17H22Cl2N4O2/c1-4-14-15(5-6-21-17(20)24)22-23(10(2)3)16(14)25-13-8-11(18)7-12(19)9-13/h7-10H,4-6H2,1-3H3,(H3,20,21,24). The third kappa shape index (κ3) is 5.03. The van der Waals surface area contributed by atoms with E-state index in [9.17, 15) is 4.79 Å². The number of carbonyl (C=O) groups is 1. The number of halogens is 2. The van der Waals surface area contributed by atoms with Gasteiger partial charge in [0, 0.05) is 28.6 Å². The number of primary amides is 1. The number of hydrogen-bond acceptors (Lipinski definition) is 3. The van der Waals surface area contributed by atoms with Gasteiger partial charge in [-0.25, -0.2) is 9.48 Å². The molecule has 0 saturated heterocycles. The molecule has 3 N–H and O–H groups in total. The molecule has 0 unspecified atom stereocenters. The number of rotatable bonds is 7. The number of hydrogen-bond donors (Lipinski definition) is 2. The summed E-state index contributed by atoms with van der Waals surface area (Å²) in [5, 5.41) is 8.24. The maximum Gasteiger partial charge on any atom is 0.312 e. The maximum absolute atomic E-state index is 10.9. The summed E-state index contributed by atoms with van der Waals surface area (Å²) in [4.78, 5) is 10.9. The van der Waals surface area contributed by atoms with Gasteiger partial charge >= 0.3 is 6.03 Å². The Hall–Kier alpha value is -1.92. The highest BCUT2D eigenvalue weighted by molar-refractivity contribution is 6.34. The normalized spacial score (nSPS) is 11.0. The molecule has 6 nitrogen and oxygen atoms in total. The van der Waals surface area contributed by atoms with E-state index in [2.05, 4.69) is 10.4 Å². The first-order chi connectivity index (χ1) is 11.8. The zero-order valence-electron chi connectivity index (χ0n) is 14.5. The maximum atomic E-state index is 10.9. The number of aromatic nitrogens is 2. The summed E-state index contributed by atoms with van der Waals surface area (Å²) in [5.41, 5.74) is 6.97. The van der Waals surface area contributed by atoms with Crippen molar-refractivity contribution in [2.75, 3.05) is 6.54 Å². The number of amides is 2. The van der Waals surface area contributed by atoms with Crippen molar-refractivity contribution in [1.82, 2.24) is 15.1 Å². The van der Waals surface area contributed by atoms with E-state index in [1.165, 1.54) is 0 Å². The number of ether oxygens (including phenoxy) is 1. The number of nitrogens with one attached hydrogen (secondary N) is 1. The van der Waals surface area contributed by atoms with E-state index >= 15 is 0 Å². The van der Waals surface area contributed by atoms with Crippen LogP contribution in [0, 0.1) is 0 Å². The van der Waals surface area contributed by atoms with Gasteiger partial charge in [0.25, 0.3) is 0 Å². The molecule has 0 spiro atoms. The van der Waals surface area contributed by atoms with Crippen LogP contribution in [0.5, 0.6) is 11.6 Å². The van der Waals surface area contributed by atoms with Gasteiger partial charge in [0.15, 0.2) is 0 Å². The van der Waals surface area contributed by atoms with Gasteiger partial charge in [0.2, 0.25) is 5.88 Å². The SMILES string of the molecule is CCc1c(CCNC(N)=O)nn(C(C)C)c1Oc1cc(Cl)cc(Cl)c1. The monoisotopic (exact) mass is 384 g/mol. The van der Waals surface area contributed by atoms with Crippen LogP contribution < -0.4 is 15.8 Å². The van der Waals surface area contributed by atoms with Crippen LogP contribution in [0.3, 0.4) is 0 Å². The molecule has 8 heteroatoms. The molecule has 0 fully saturated rings. The Morgan fingerprint density at radius 3 is 2.48 bits per heavy atom. The zero-order chi connectivity index (χ0) is 18.6. The quantitative estimate of drug-likeness (QED) is 0.744. The van der Waals surface area contributed by atoms with Gasteiger partial charge in [-0.1, -0.05) is 30.1 Å². The van der Waals surface area contributed by atoms with Crippen molar-refractivity contribution in [2.24, 2.45) is 5.73 Å². The van der Waals surface area contributed by atoms with Gasteiger partial charge < -0.3 is 15.8 Å². The molecule has 2 rings (SSSR count). The number of urea groups is 1. The molecule has 1 heterocycles. The molecular formula is C17H22Cl2N4O2. The molecule has 0 atom stereocenters. The molecule has 2 amide bonds. The predicted octanol–water partition coefficient (Wildman–Crippen LogP) is 4.34. The Morgan fingerprint density at radius 1 is 1.32 bits per heavy atom. The van der Waals surface area contributed by atoms with Crippen molar-refractivity contribution in [3.05, 3.63) is 39.5 Å². The van der Waals surface area contributed by atoms with Crippen molar-refractivity contribution in [2.45, 2.75) is 39.7 Å². The van der Waals surface area contributed by atoms with E-state index in [0.717, 1.165) is 17.7 Å². The number of benzene rings is 1. The summed E-state index contributed by atoms with van der Waals surface area (Å²) in [5.74, 6) is 1.21. The van der Waals surface area contributed by atoms with Crippen molar-refractivity contribution < 1.29 is 9.53 Å². The molecule has 1 aromatic heterocycles. The van der Waals surface area contributed by atoms with Gasteiger partial charge in [-0.2, -0.15) is 5.10 Å². The van der Waals surface area contributed by atoms with Crippen LogP contribution in [-0.2, 0) is 12.8 Å². The summed E-state index contributed by atoms with van der Waals surface area (Å²) in [6, 6.07) is 4.62. The number of nitrogens with two attached hydrogens (primary N) is 1. The van der Waals surface area contributed by atoms with E-state index in [1.54, 1.807) is 18.2 Å². The highest BCUT2D eigenvalue weighted by Crippen LogP contribution is 2.33. The second-order valence-corrected chi connectivity index (χ2v) is 6.74. The Morgan fingerprint density at radius 2 is 1.96 bits per heavy atom. The minimum Gasteiger partial charge on any atom is -0.439 e. The van der Waals surface area contributed by atoms with E-state index < -0.39 is 6.03 Å². The average Bonchev–Trinajstić information content (AvgIpc) is 2.83. The Balaban J connectivity index is 2.36. The number of carbonyl (C=O) groups excluding carboxylic acids is 1. The van der Waals surface area contributed by atoms with Crippen molar-refractivity contribution >= 4 is 29.2 Å². The van der Waals surface area contributed by atoms with E-state index in [0.29, 0.717) is 34.6 Å². The van der Waals surface area contributed by atoms with E-state index in [4.69, 9.17) is 33.7 Å². The largest absolute Gasteiger partial charge is 0.439 e. The van der Waals surface area contributed by atoms with Crippen LogP contribution in [0.1, 0.15) is 38.1 Å². The van der Waals surface area contributed by atoms with Crippen LogP contribution in [0.15, 0.2) is 18.2 Å². The molecule has 136 valence electrons. The molecule has 0 aliphatic carbocycles. The minimum absolute atomic E-state index is 0.104. The van der Waals surface area contributed by atoms with E-state index in [1.807, 2.05) is 25.5 Å². The topological polar surface area (TPSA) is 82.2 Å². The second-order valence-electron chi connectivity index (χ2n) is 5.87. The summed E-state index contributed by atoms with van der Waals surface area (Å²) >= 11 is 12.1. The van der Waals surface area contributed by atoms with Gasteiger partial charge in [-0.15, -0.1) is 0 Å². The lowest BCUT2D eigenvalue weighted by Crippen LogP contribution is -2.31. The second kappa shape index (κ2) is 8.45. The summed E-state index contributed by atoms with van der Waals surface area (Å²) in [6.45, 7) is 6.50. The minimum atomic E-state index is -0.550.